The average Bonchev–Trinajstić information content (AvgIpc) is 2.79. The first-order valence-corrected chi connectivity index (χ1v) is 7.96. The topological polar surface area (TPSA) is 44.1 Å². The first-order chi connectivity index (χ1) is 9.63. The van der Waals surface area contributed by atoms with Crippen LogP contribution in [-0.2, 0) is 17.5 Å². The van der Waals surface area contributed by atoms with Gasteiger partial charge in [0.25, 0.3) is 0 Å². The molecule has 0 unspecified atom stereocenters. The van der Waals surface area contributed by atoms with Crippen molar-refractivity contribution in [2.75, 3.05) is 6.61 Å². The quantitative estimate of drug-likeness (QED) is 0.607. The molecule has 0 aliphatic carbocycles. The molecule has 0 spiro atoms. The second kappa shape index (κ2) is 6.95. The van der Waals surface area contributed by atoms with Gasteiger partial charge in [0.1, 0.15) is 5.56 Å². The van der Waals surface area contributed by atoms with Crippen LogP contribution in [0.1, 0.15) is 23.0 Å². The van der Waals surface area contributed by atoms with E-state index in [9.17, 15) is 4.79 Å². The van der Waals surface area contributed by atoms with Gasteiger partial charge in [-0.1, -0.05) is 12.1 Å². The Balaban J connectivity index is 2.15. The van der Waals surface area contributed by atoms with Crippen molar-refractivity contribution in [1.82, 2.24) is 9.78 Å². The predicted molar refractivity (Wildman–Crippen MR) is 82.9 cm³/mol. The monoisotopic (exact) mass is 354 g/mol. The lowest BCUT2D eigenvalue weighted by Crippen LogP contribution is -2.08. The predicted octanol–water partition coefficient (Wildman–Crippen LogP) is 3.65. The lowest BCUT2D eigenvalue weighted by atomic mass is 10.3. The fourth-order valence-corrected chi connectivity index (χ4v) is 3.36. The van der Waals surface area contributed by atoms with Crippen LogP contribution in [0, 0.1) is 0 Å². The SMILES string of the molecule is CCOC(=O)c1cnn(C)c1CSc1ccccc1Br. The molecule has 0 saturated carbocycles. The Morgan fingerprint density at radius 3 is 2.90 bits per heavy atom. The zero-order chi connectivity index (χ0) is 14.5. The van der Waals surface area contributed by atoms with Crippen LogP contribution in [0.4, 0.5) is 0 Å². The third-order valence-electron chi connectivity index (χ3n) is 2.76. The molecular weight excluding hydrogens is 340 g/mol. The largest absolute Gasteiger partial charge is 0.462 e. The minimum Gasteiger partial charge on any atom is -0.462 e. The van der Waals surface area contributed by atoms with Crippen LogP contribution in [0.25, 0.3) is 0 Å². The van der Waals surface area contributed by atoms with E-state index in [1.54, 1.807) is 29.6 Å². The summed E-state index contributed by atoms with van der Waals surface area (Å²) in [5.41, 5.74) is 1.40. The van der Waals surface area contributed by atoms with Gasteiger partial charge < -0.3 is 4.74 Å². The van der Waals surface area contributed by atoms with Crippen LogP contribution in [0.2, 0.25) is 0 Å². The van der Waals surface area contributed by atoms with Gasteiger partial charge in [-0.25, -0.2) is 4.79 Å². The smallest absolute Gasteiger partial charge is 0.341 e. The standard InChI is InChI=1S/C14H15BrN2O2S/c1-3-19-14(18)10-8-16-17(2)12(10)9-20-13-7-5-4-6-11(13)15/h4-8H,3,9H2,1-2H3. The summed E-state index contributed by atoms with van der Waals surface area (Å²) in [7, 11) is 1.83. The summed E-state index contributed by atoms with van der Waals surface area (Å²) in [6, 6.07) is 8.00. The molecule has 0 bridgehead atoms. The van der Waals surface area contributed by atoms with Crippen molar-refractivity contribution in [3.63, 3.8) is 0 Å². The van der Waals surface area contributed by atoms with Gasteiger partial charge in [0.2, 0.25) is 0 Å². The summed E-state index contributed by atoms with van der Waals surface area (Å²) in [6.45, 7) is 2.16. The molecule has 1 aromatic carbocycles. The number of nitrogens with zero attached hydrogens (tertiary/aromatic N) is 2. The maximum Gasteiger partial charge on any atom is 0.341 e. The summed E-state index contributed by atoms with van der Waals surface area (Å²) in [5.74, 6) is 0.344. The van der Waals surface area contributed by atoms with E-state index in [1.807, 2.05) is 31.3 Å². The Kier molecular flexibility index (Phi) is 5.25. The molecule has 0 N–H and O–H groups in total. The van der Waals surface area contributed by atoms with Gasteiger partial charge in [-0.3, -0.25) is 4.68 Å². The van der Waals surface area contributed by atoms with Crippen LogP contribution in [-0.4, -0.2) is 22.4 Å². The summed E-state index contributed by atoms with van der Waals surface area (Å²) >= 11 is 5.17. The summed E-state index contributed by atoms with van der Waals surface area (Å²) in [4.78, 5) is 13.0. The maximum absolute atomic E-state index is 11.9. The minimum atomic E-state index is -0.316. The molecule has 0 aliphatic rings. The van der Waals surface area contributed by atoms with Crippen molar-refractivity contribution in [3.05, 3.63) is 46.2 Å². The van der Waals surface area contributed by atoms with Crippen molar-refractivity contribution in [3.8, 4) is 0 Å². The second-order valence-electron chi connectivity index (χ2n) is 4.07. The summed E-state index contributed by atoms with van der Waals surface area (Å²) in [5, 5.41) is 4.15. The van der Waals surface area contributed by atoms with Crippen LogP contribution in [0.5, 0.6) is 0 Å². The van der Waals surface area contributed by atoms with E-state index >= 15 is 0 Å². The number of thioether (sulfide) groups is 1. The Morgan fingerprint density at radius 1 is 1.45 bits per heavy atom. The molecule has 0 saturated heterocycles. The highest BCUT2D eigenvalue weighted by atomic mass is 79.9. The van der Waals surface area contributed by atoms with E-state index in [0.29, 0.717) is 17.9 Å². The molecule has 0 amide bonds. The third kappa shape index (κ3) is 3.43. The van der Waals surface area contributed by atoms with Gasteiger partial charge in [0, 0.05) is 22.2 Å². The number of hydrogen-bond acceptors (Lipinski definition) is 4. The first-order valence-electron chi connectivity index (χ1n) is 6.18. The van der Waals surface area contributed by atoms with Gasteiger partial charge in [-0.2, -0.15) is 5.10 Å². The van der Waals surface area contributed by atoms with Crippen LogP contribution >= 0.6 is 27.7 Å². The van der Waals surface area contributed by atoms with Crippen molar-refractivity contribution >= 4 is 33.7 Å². The number of carbonyl (C=O) groups excluding carboxylic acids is 1. The van der Waals surface area contributed by atoms with Gasteiger partial charge in [0.05, 0.1) is 18.5 Å². The van der Waals surface area contributed by atoms with Gasteiger partial charge in [0.15, 0.2) is 0 Å². The molecule has 6 heteroatoms. The average molecular weight is 355 g/mol. The Morgan fingerprint density at radius 2 is 2.20 bits per heavy atom. The van der Waals surface area contributed by atoms with Crippen LogP contribution < -0.4 is 0 Å². The van der Waals surface area contributed by atoms with Crippen molar-refractivity contribution < 1.29 is 9.53 Å². The number of ether oxygens (including phenoxy) is 1. The van der Waals surface area contributed by atoms with Crippen molar-refractivity contribution in [2.24, 2.45) is 7.05 Å². The fraction of sp³-hybridized carbons (Fsp3) is 0.286. The number of halogens is 1. The van der Waals surface area contributed by atoms with E-state index in [1.165, 1.54) is 0 Å². The van der Waals surface area contributed by atoms with Crippen LogP contribution in [0.3, 0.4) is 0 Å². The molecule has 4 nitrogen and oxygen atoms in total. The number of aromatic nitrogens is 2. The van der Waals surface area contributed by atoms with Gasteiger partial charge in [-0.15, -0.1) is 11.8 Å². The number of carbonyl (C=O) groups is 1. The number of rotatable bonds is 5. The van der Waals surface area contributed by atoms with E-state index in [2.05, 4.69) is 21.0 Å². The highest BCUT2D eigenvalue weighted by Gasteiger charge is 2.17. The van der Waals surface area contributed by atoms with Crippen molar-refractivity contribution in [2.45, 2.75) is 17.6 Å². The zero-order valence-electron chi connectivity index (χ0n) is 11.3. The molecule has 106 valence electrons. The molecule has 1 heterocycles. The minimum absolute atomic E-state index is 0.316. The first kappa shape index (κ1) is 15.1. The lowest BCUT2D eigenvalue weighted by Gasteiger charge is -2.07. The second-order valence-corrected chi connectivity index (χ2v) is 5.94. The number of aryl methyl sites for hydroxylation is 1. The maximum atomic E-state index is 11.9. The van der Waals surface area contributed by atoms with E-state index in [0.717, 1.165) is 15.1 Å². The lowest BCUT2D eigenvalue weighted by molar-refractivity contribution is 0.0525. The summed E-state index contributed by atoms with van der Waals surface area (Å²) in [6.07, 6.45) is 1.56. The van der Waals surface area contributed by atoms with E-state index in [4.69, 9.17) is 4.74 Å². The van der Waals surface area contributed by atoms with Gasteiger partial charge >= 0.3 is 5.97 Å². The Hall–Kier alpha value is -1.27. The van der Waals surface area contributed by atoms with Crippen molar-refractivity contribution in [1.29, 1.82) is 0 Å². The molecule has 20 heavy (non-hydrogen) atoms. The van der Waals surface area contributed by atoms with E-state index < -0.39 is 0 Å². The van der Waals surface area contributed by atoms with Gasteiger partial charge in [-0.05, 0) is 35.0 Å². The number of esters is 1. The fourth-order valence-electron chi connectivity index (χ4n) is 1.72. The number of benzene rings is 1. The molecule has 0 radical (unpaired) electrons. The molecular formula is C14H15BrN2O2S. The van der Waals surface area contributed by atoms with E-state index in [-0.39, 0.29) is 5.97 Å². The molecule has 0 atom stereocenters. The Labute approximate surface area is 130 Å². The zero-order valence-corrected chi connectivity index (χ0v) is 13.7. The third-order valence-corrected chi connectivity index (χ3v) is 4.80. The molecule has 0 fully saturated rings. The highest BCUT2D eigenvalue weighted by molar-refractivity contribution is 9.10. The van der Waals surface area contributed by atoms with Crippen LogP contribution in [0.15, 0.2) is 39.8 Å². The Bertz CT molecular complexity index is 613. The molecule has 2 aromatic rings. The number of hydrogen-bond donors (Lipinski definition) is 0. The highest BCUT2D eigenvalue weighted by Crippen LogP contribution is 2.30. The molecule has 2 rings (SSSR count). The molecule has 1 aromatic heterocycles. The normalized spacial score (nSPS) is 10.6. The molecule has 0 aliphatic heterocycles. The summed E-state index contributed by atoms with van der Waals surface area (Å²) < 4.78 is 7.81.